The van der Waals surface area contributed by atoms with Crippen molar-refractivity contribution in [2.45, 2.75) is 16.6 Å². The fourth-order valence-corrected chi connectivity index (χ4v) is 3.10. The molecule has 5 heteroatoms. The summed E-state index contributed by atoms with van der Waals surface area (Å²) in [6, 6.07) is 17.7. The second-order valence-corrected chi connectivity index (χ2v) is 5.98. The minimum absolute atomic E-state index is 0.0910. The Balaban J connectivity index is 2.20. The number of amidine groups is 1. The number of nitrogens with zero attached hydrogens (tertiary/aromatic N) is 1. The monoisotopic (exact) mass is 306 g/mol. The van der Waals surface area contributed by atoms with Gasteiger partial charge in [0.25, 0.3) is 0 Å². The van der Waals surface area contributed by atoms with Gasteiger partial charge in [0.05, 0.1) is 0 Å². The molecule has 1 atom stereocenters. The highest BCUT2D eigenvalue weighted by Crippen LogP contribution is 2.37. The number of rotatable bonds is 5. The lowest BCUT2D eigenvalue weighted by atomic mass is 10.1. The lowest BCUT2D eigenvalue weighted by molar-refractivity contribution is 0.317. The molecule has 0 bridgehead atoms. The highest BCUT2D eigenvalue weighted by Gasteiger charge is 2.15. The third kappa shape index (κ3) is 4.18. The van der Waals surface area contributed by atoms with E-state index in [0.29, 0.717) is 11.4 Å². The fourth-order valence-electron chi connectivity index (χ4n) is 1.80. The number of oxime groups is 1. The maximum Gasteiger partial charge on any atom is 0.140 e. The zero-order chi connectivity index (χ0) is 14.4. The van der Waals surface area contributed by atoms with Crippen LogP contribution in [0.15, 0.2) is 64.6 Å². The molecule has 2 aromatic rings. The van der Waals surface area contributed by atoms with E-state index in [4.69, 9.17) is 22.5 Å². The molecule has 2 aromatic carbocycles. The Kier molecular flexibility index (Phi) is 5.32. The first-order chi connectivity index (χ1) is 9.69. The summed E-state index contributed by atoms with van der Waals surface area (Å²) in [7, 11) is 0. The second kappa shape index (κ2) is 7.22. The molecule has 0 spiro atoms. The average molecular weight is 307 g/mol. The molecule has 0 aliphatic heterocycles. The number of nitrogens with two attached hydrogens (primary N) is 1. The molecule has 1 unspecified atom stereocenters. The molecule has 20 heavy (non-hydrogen) atoms. The predicted octanol–water partition coefficient (Wildman–Crippen LogP) is 4.31. The van der Waals surface area contributed by atoms with Gasteiger partial charge in [-0.1, -0.05) is 47.1 Å². The van der Waals surface area contributed by atoms with Crippen LogP contribution in [0, 0.1) is 0 Å². The Hall–Kier alpha value is -1.65. The summed E-state index contributed by atoms with van der Waals surface area (Å²) >= 11 is 7.55. The molecule has 0 saturated carbocycles. The first kappa shape index (κ1) is 14.8. The molecule has 0 fully saturated rings. The average Bonchev–Trinajstić information content (AvgIpc) is 2.49. The van der Waals surface area contributed by atoms with Crippen LogP contribution in [-0.4, -0.2) is 11.0 Å². The van der Waals surface area contributed by atoms with Crippen molar-refractivity contribution in [3.8, 4) is 0 Å². The number of benzene rings is 2. The summed E-state index contributed by atoms with van der Waals surface area (Å²) in [6.07, 6.45) is 0.480. The Bertz CT molecular complexity index is 572. The van der Waals surface area contributed by atoms with Gasteiger partial charge < -0.3 is 10.9 Å². The molecule has 0 amide bonds. The van der Waals surface area contributed by atoms with Gasteiger partial charge in [0.15, 0.2) is 0 Å². The largest absolute Gasteiger partial charge is 0.409 e. The first-order valence-electron chi connectivity index (χ1n) is 6.12. The van der Waals surface area contributed by atoms with Crippen molar-refractivity contribution >= 4 is 29.2 Å². The van der Waals surface area contributed by atoms with Crippen LogP contribution in [0.2, 0.25) is 5.02 Å². The van der Waals surface area contributed by atoms with E-state index in [0.717, 1.165) is 10.5 Å². The van der Waals surface area contributed by atoms with Gasteiger partial charge in [-0.3, -0.25) is 0 Å². The van der Waals surface area contributed by atoms with E-state index in [9.17, 15) is 0 Å². The zero-order valence-corrected chi connectivity index (χ0v) is 12.3. The predicted molar refractivity (Wildman–Crippen MR) is 84.5 cm³/mol. The van der Waals surface area contributed by atoms with Crippen LogP contribution in [0.3, 0.4) is 0 Å². The third-order valence-corrected chi connectivity index (χ3v) is 4.31. The number of halogens is 1. The van der Waals surface area contributed by atoms with Gasteiger partial charge in [0, 0.05) is 21.6 Å². The van der Waals surface area contributed by atoms with Gasteiger partial charge in [-0.15, -0.1) is 11.8 Å². The van der Waals surface area contributed by atoms with Crippen LogP contribution < -0.4 is 5.73 Å². The van der Waals surface area contributed by atoms with Crippen LogP contribution >= 0.6 is 23.4 Å². The highest BCUT2D eigenvalue weighted by molar-refractivity contribution is 7.99. The molecule has 3 N–H and O–H groups in total. The summed E-state index contributed by atoms with van der Waals surface area (Å²) in [5, 5.41) is 12.6. The SMILES string of the molecule is NC(CC(Sc1ccc(Cl)cc1)c1ccccc1)=NO. The Morgan fingerprint density at radius 1 is 1.15 bits per heavy atom. The van der Waals surface area contributed by atoms with Crippen molar-refractivity contribution in [3.05, 3.63) is 65.2 Å². The number of thioether (sulfide) groups is 1. The van der Waals surface area contributed by atoms with Crippen molar-refractivity contribution in [3.63, 3.8) is 0 Å². The summed E-state index contributed by atoms with van der Waals surface area (Å²) < 4.78 is 0. The molecule has 0 radical (unpaired) electrons. The van der Waals surface area contributed by atoms with Crippen LogP contribution in [0.5, 0.6) is 0 Å². The van der Waals surface area contributed by atoms with E-state index >= 15 is 0 Å². The van der Waals surface area contributed by atoms with E-state index in [2.05, 4.69) is 5.16 Å². The normalized spacial score (nSPS) is 13.2. The third-order valence-electron chi connectivity index (χ3n) is 2.79. The van der Waals surface area contributed by atoms with Gasteiger partial charge in [-0.05, 0) is 29.8 Å². The molecule has 3 nitrogen and oxygen atoms in total. The zero-order valence-electron chi connectivity index (χ0n) is 10.7. The lowest BCUT2D eigenvalue weighted by Crippen LogP contribution is -2.14. The van der Waals surface area contributed by atoms with E-state index < -0.39 is 0 Å². The molecule has 0 aromatic heterocycles. The van der Waals surface area contributed by atoms with Gasteiger partial charge in [-0.25, -0.2) is 0 Å². The Labute approximate surface area is 127 Å². The van der Waals surface area contributed by atoms with Gasteiger partial charge in [-0.2, -0.15) is 0 Å². The standard InChI is InChI=1S/C15H15ClN2OS/c16-12-6-8-13(9-7-12)20-14(10-15(17)18-19)11-4-2-1-3-5-11/h1-9,14,19H,10H2,(H2,17,18). The van der Waals surface area contributed by atoms with E-state index in [1.165, 1.54) is 0 Å². The van der Waals surface area contributed by atoms with Gasteiger partial charge >= 0.3 is 0 Å². The topological polar surface area (TPSA) is 58.6 Å². The summed E-state index contributed by atoms with van der Waals surface area (Å²) in [5.74, 6) is 0.223. The Morgan fingerprint density at radius 3 is 2.40 bits per heavy atom. The van der Waals surface area contributed by atoms with Crippen LogP contribution in [0.25, 0.3) is 0 Å². The smallest absolute Gasteiger partial charge is 0.140 e. The maximum absolute atomic E-state index is 8.77. The van der Waals surface area contributed by atoms with Crippen molar-refractivity contribution in [2.75, 3.05) is 0 Å². The molecule has 2 rings (SSSR count). The number of hydrogen-bond donors (Lipinski definition) is 2. The summed E-state index contributed by atoms with van der Waals surface area (Å²) in [4.78, 5) is 1.09. The van der Waals surface area contributed by atoms with Crippen LogP contribution in [-0.2, 0) is 0 Å². The van der Waals surface area contributed by atoms with Crippen molar-refractivity contribution in [1.82, 2.24) is 0 Å². The quantitative estimate of drug-likeness (QED) is 0.284. The van der Waals surface area contributed by atoms with Gasteiger partial charge in [0.2, 0.25) is 0 Å². The minimum Gasteiger partial charge on any atom is -0.409 e. The Morgan fingerprint density at radius 2 is 1.80 bits per heavy atom. The van der Waals surface area contributed by atoms with Gasteiger partial charge in [0.1, 0.15) is 5.84 Å². The van der Waals surface area contributed by atoms with Crippen molar-refractivity contribution in [2.24, 2.45) is 10.9 Å². The van der Waals surface area contributed by atoms with E-state index in [1.807, 2.05) is 54.6 Å². The molecule has 0 aliphatic carbocycles. The van der Waals surface area contributed by atoms with E-state index in [-0.39, 0.29) is 11.1 Å². The molecular formula is C15H15ClN2OS. The molecule has 0 heterocycles. The fraction of sp³-hybridized carbons (Fsp3) is 0.133. The lowest BCUT2D eigenvalue weighted by Gasteiger charge is -2.16. The highest BCUT2D eigenvalue weighted by atomic mass is 35.5. The minimum atomic E-state index is 0.0910. The molecule has 0 aliphatic rings. The second-order valence-electron chi connectivity index (χ2n) is 4.27. The molecule has 0 saturated heterocycles. The molecular weight excluding hydrogens is 292 g/mol. The van der Waals surface area contributed by atoms with Crippen LogP contribution in [0.4, 0.5) is 0 Å². The van der Waals surface area contributed by atoms with Crippen molar-refractivity contribution < 1.29 is 5.21 Å². The summed E-state index contributed by atoms with van der Waals surface area (Å²) in [5.41, 5.74) is 6.79. The molecule has 104 valence electrons. The first-order valence-corrected chi connectivity index (χ1v) is 7.38. The summed E-state index contributed by atoms with van der Waals surface area (Å²) in [6.45, 7) is 0. The van der Waals surface area contributed by atoms with Crippen LogP contribution in [0.1, 0.15) is 17.2 Å². The number of hydrogen-bond acceptors (Lipinski definition) is 3. The maximum atomic E-state index is 8.77. The van der Waals surface area contributed by atoms with Crippen molar-refractivity contribution in [1.29, 1.82) is 0 Å². The van der Waals surface area contributed by atoms with E-state index in [1.54, 1.807) is 11.8 Å².